The van der Waals surface area contributed by atoms with E-state index in [2.05, 4.69) is 15.3 Å². The lowest BCUT2D eigenvalue weighted by Gasteiger charge is -2.14. The van der Waals surface area contributed by atoms with Crippen LogP contribution in [0.2, 0.25) is 5.15 Å². The molecule has 3 aromatic heterocycles. The zero-order chi connectivity index (χ0) is 13.7. The first-order valence-electron chi connectivity index (χ1n) is 6.35. The van der Waals surface area contributed by atoms with Gasteiger partial charge in [0.1, 0.15) is 16.5 Å². The molecule has 0 bridgehead atoms. The van der Waals surface area contributed by atoms with Gasteiger partial charge in [0, 0.05) is 42.0 Å². The zero-order valence-electron chi connectivity index (χ0n) is 10.5. The number of hydrogen-bond acceptors (Lipinski definition) is 2. The molecule has 0 fully saturated rings. The van der Waals surface area contributed by atoms with Crippen LogP contribution in [0.4, 0.5) is 0 Å². The van der Waals surface area contributed by atoms with Crippen molar-refractivity contribution >= 4 is 28.5 Å². The summed E-state index contributed by atoms with van der Waals surface area (Å²) in [6.45, 7) is 1.47. The minimum absolute atomic E-state index is 0.0245. The van der Waals surface area contributed by atoms with Gasteiger partial charge < -0.3 is 14.9 Å². The van der Waals surface area contributed by atoms with Crippen LogP contribution in [0.25, 0.3) is 22.2 Å². The molecule has 0 spiro atoms. The summed E-state index contributed by atoms with van der Waals surface area (Å²) in [5.41, 5.74) is 3.48. The predicted octanol–water partition coefficient (Wildman–Crippen LogP) is 2.43. The Kier molecular flexibility index (Phi) is 2.37. The van der Waals surface area contributed by atoms with Crippen molar-refractivity contribution in [3.05, 3.63) is 41.4 Å². The van der Waals surface area contributed by atoms with E-state index in [9.17, 15) is 4.79 Å². The van der Waals surface area contributed by atoms with E-state index in [1.54, 1.807) is 6.07 Å². The van der Waals surface area contributed by atoms with Crippen molar-refractivity contribution in [3.8, 4) is 11.1 Å². The van der Waals surface area contributed by atoms with Crippen molar-refractivity contribution in [2.45, 2.75) is 6.54 Å². The highest BCUT2D eigenvalue weighted by Gasteiger charge is 2.19. The van der Waals surface area contributed by atoms with E-state index in [0.717, 1.165) is 28.7 Å². The van der Waals surface area contributed by atoms with Gasteiger partial charge in [0.05, 0.1) is 0 Å². The Bertz CT molecular complexity index is 833. The Hall–Kier alpha value is -2.27. The van der Waals surface area contributed by atoms with E-state index < -0.39 is 0 Å². The summed E-state index contributed by atoms with van der Waals surface area (Å²) < 4.78 is 1.98. The molecule has 1 amide bonds. The number of fused-ring (bicyclic) bond motifs is 2. The summed E-state index contributed by atoms with van der Waals surface area (Å²) in [7, 11) is 0. The van der Waals surface area contributed by atoms with Crippen molar-refractivity contribution in [2.75, 3.05) is 6.54 Å². The molecule has 0 saturated heterocycles. The van der Waals surface area contributed by atoms with Crippen LogP contribution in [0.3, 0.4) is 0 Å². The van der Waals surface area contributed by atoms with Gasteiger partial charge in [-0.3, -0.25) is 4.79 Å². The number of hydrogen-bond donors (Lipinski definition) is 2. The summed E-state index contributed by atoms with van der Waals surface area (Å²) >= 11 is 5.89. The third-order valence-electron chi connectivity index (χ3n) is 3.58. The monoisotopic (exact) mass is 286 g/mol. The zero-order valence-corrected chi connectivity index (χ0v) is 11.2. The molecule has 2 N–H and O–H groups in total. The molecule has 4 heterocycles. The fourth-order valence-corrected chi connectivity index (χ4v) is 2.78. The summed E-state index contributed by atoms with van der Waals surface area (Å²) in [6, 6.07) is 5.61. The number of rotatable bonds is 1. The van der Waals surface area contributed by atoms with Gasteiger partial charge in [-0.05, 0) is 18.2 Å². The fraction of sp³-hybridized carbons (Fsp3) is 0.143. The van der Waals surface area contributed by atoms with Gasteiger partial charge in [0.25, 0.3) is 5.91 Å². The Morgan fingerprint density at radius 1 is 1.35 bits per heavy atom. The highest BCUT2D eigenvalue weighted by atomic mass is 35.5. The topological polar surface area (TPSA) is 62.7 Å². The Morgan fingerprint density at radius 2 is 2.25 bits per heavy atom. The molecule has 100 valence electrons. The smallest absolute Gasteiger partial charge is 0.267 e. The molecule has 0 radical (unpaired) electrons. The molecule has 3 aromatic rings. The standard InChI is InChI=1S/C14H11ClN4O/c15-12-2-1-9-10(6-17-13(9)18-12)8-5-11-14(20)16-3-4-19(11)7-8/h1-2,5-7H,3-4H2,(H,16,20)(H,17,18). The molecular formula is C14H11ClN4O. The van der Waals surface area contributed by atoms with Crippen LogP contribution < -0.4 is 5.32 Å². The third kappa shape index (κ3) is 1.63. The Labute approximate surface area is 119 Å². The molecule has 20 heavy (non-hydrogen) atoms. The second kappa shape index (κ2) is 4.11. The Morgan fingerprint density at radius 3 is 3.10 bits per heavy atom. The molecular weight excluding hydrogens is 276 g/mol. The van der Waals surface area contributed by atoms with Crippen LogP contribution in [0.1, 0.15) is 10.5 Å². The average Bonchev–Trinajstić information content (AvgIpc) is 3.02. The summed E-state index contributed by atoms with van der Waals surface area (Å²) in [5.74, 6) is -0.0245. The summed E-state index contributed by atoms with van der Waals surface area (Å²) in [5, 5.41) is 4.30. The maximum absolute atomic E-state index is 11.8. The molecule has 6 heteroatoms. The lowest BCUT2D eigenvalue weighted by atomic mass is 10.1. The second-order valence-electron chi connectivity index (χ2n) is 4.80. The number of carbonyl (C=O) groups excluding carboxylic acids is 1. The third-order valence-corrected chi connectivity index (χ3v) is 3.79. The number of H-pyrrole nitrogens is 1. The lowest BCUT2D eigenvalue weighted by molar-refractivity contribution is 0.0928. The molecule has 0 aliphatic carbocycles. The van der Waals surface area contributed by atoms with Crippen molar-refractivity contribution in [3.63, 3.8) is 0 Å². The molecule has 0 atom stereocenters. The van der Waals surface area contributed by atoms with E-state index in [1.165, 1.54) is 0 Å². The SMILES string of the molecule is O=C1NCCn2cc(-c3c[nH]c4nc(Cl)ccc34)cc21. The maximum Gasteiger partial charge on any atom is 0.267 e. The van der Waals surface area contributed by atoms with E-state index >= 15 is 0 Å². The minimum Gasteiger partial charge on any atom is -0.349 e. The number of nitrogens with zero attached hydrogens (tertiary/aromatic N) is 2. The van der Waals surface area contributed by atoms with Gasteiger partial charge in [0.15, 0.2) is 0 Å². The number of halogens is 1. The first-order valence-corrected chi connectivity index (χ1v) is 6.72. The number of nitrogens with one attached hydrogen (secondary N) is 2. The van der Waals surface area contributed by atoms with Crippen LogP contribution in [0.5, 0.6) is 0 Å². The predicted molar refractivity (Wildman–Crippen MR) is 76.9 cm³/mol. The highest BCUT2D eigenvalue weighted by Crippen LogP contribution is 2.30. The fourth-order valence-electron chi connectivity index (χ4n) is 2.63. The van der Waals surface area contributed by atoms with Gasteiger partial charge >= 0.3 is 0 Å². The van der Waals surface area contributed by atoms with Crippen LogP contribution in [-0.4, -0.2) is 27.0 Å². The summed E-state index contributed by atoms with van der Waals surface area (Å²) in [6.07, 6.45) is 3.90. The number of aromatic amines is 1. The van der Waals surface area contributed by atoms with E-state index in [-0.39, 0.29) is 5.91 Å². The Balaban J connectivity index is 1.89. The van der Waals surface area contributed by atoms with Gasteiger partial charge in [-0.1, -0.05) is 11.6 Å². The number of carbonyl (C=O) groups is 1. The highest BCUT2D eigenvalue weighted by molar-refractivity contribution is 6.29. The number of aromatic nitrogens is 3. The number of pyridine rings is 1. The first-order chi connectivity index (χ1) is 9.72. The molecule has 5 nitrogen and oxygen atoms in total. The van der Waals surface area contributed by atoms with Crippen LogP contribution in [0.15, 0.2) is 30.6 Å². The molecule has 1 aliphatic rings. The maximum atomic E-state index is 11.8. The number of amides is 1. The van der Waals surface area contributed by atoms with Crippen LogP contribution in [0, 0.1) is 0 Å². The second-order valence-corrected chi connectivity index (χ2v) is 5.18. The normalized spacial score (nSPS) is 14.3. The van der Waals surface area contributed by atoms with E-state index in [4.69, 9.17) is 11.6 Å². The van der Waals surface area contributed by atoms with Crippen molar-refractivity contribution in [1.82, 2.24) is 19.9 Å². The van der Waals surface area contributed by atoms with Crippen LogP contribution in [-0.2, 0) is 6.54 Å². The van der Waals surface area contributed by atoms with E-state index in [0.29, 0.717) is 17.4 Å². The van der Waals surface area contributed by atoms with Crippen molar-refractivity contribution < 1.29 is 4.79 Å². The lowest BCUT2D eigenvalue weighted by Crippen LogP contribution is -2.34. The quantitative estimate of drug-likeness (QED) is 0.675. The molecule has 0 unspecified atom stereocenters. The minimum atomic E-state index is -0.0245. The van der Waals surface area contributed by atoms with Gasteiger partial charge in [0.2, 0.25) is 0 Å². The van der Waals surface area contributed by atoms with Gasteiger partial charge in [-0.15, -0.1) is 0 Å². The first kappa shape index (κ1) is 11.5. The molecule has 0 saturated carbocycles. The summed E-state index contributed by atoms with van der Waals surface area (Å²) in [4.78, 5) is 19.2. The van der Waals surface area contributed by atoms with Crippen molar-refractivity contribution in [2.24, 2.45) is 0 Å². The van der Waals surface area contributed by atoms with Gasteiger partial charge in [-0.2, -0.15) is 0 Å². The van der Waals surface area contributed by atoms with Crippen molar-refractivity contribution in [1.29, 1.82) is 0 Å². The average molecular weight is 287 g/mol. The van der Waals surface area contributed by atoms with E-state index in [1.807, 2.05) is 29.1 Å². The van der Waals surface area contributed by atoms with Crippen LogP contribution >= 0.6 is 11.6 Å². The molecule has 1 aliphatic heterocycles. The molecule has 4 rings (SSSR count). The van der Waals surface area contributed by atoms with Gasteiger partial charge in [-0.25, -0.2) is 4.98 Å². The largest absolute Gasteiger partial charge is 0.349 e. The molecule has 0 aromatic carbocycles.